The van der Waals surface area contributed by atoms with Gasteiger partial charge in [0.05, 0.1) is 12.3 Å². The highest BCUT2D eigenvalue weighted by atomic mass is 16.7. The number of oxime groups is 1. The highest BCUT2D eigenvalue weighted by Crippen LogP contribution is 2.32. The van der Waals surface area contributed by atoms with E-state index in [-0.39, 0.29) is 6.10 Å². The molecule has 2 aliphatic heterocycles. The number of benzene rings is 1. The minimum atomic E-state index is -0.475. The minimum Gasteiger partial charge on any atom is -0.411 e. The van der Waals surface area contributed by atoms with Crippen LogP contribution in [0.1, 0.15) is 18.3 Å². The van der Waals surface area contributed by atoms with E-state index in [2.05, 4.69) is 5.16 Å². The average molecular weight is 279 g/mol. The summed E-state index contributed by atoms with van der Waals surface area (Å²) in [5, 5.41) is 12.5. The Morgan fingerprint density at radius 1 is 1.25 bits per heavy atom. The molecule has 0 amide bonds. The summed E-state index contributed by atoms with van der Waals surface area (Å²) in [7, 11) is 1.55. The van der Waals surface area contributed by atoms with Crippen molar-refractivity contribution in [2.24, 2.45) is 5.16 Å². The second kappa shape index (κ2) is 5.88. The van der Waals surface area contributed by atoms with Crippen LogP contribution in [0.25, 0.3) is 0 Å². The largest absolute Gasteiger partial charge is 0.411 e. The first-order valence-corrected chi connectivity index (χ1v) is 6.53. The molecule has 20 heavy (non-hydrogen) atoms. The number of rotatable bonds is 2. The lowest BCUT2D eigenvalue weighted by Gasteiger charge is -2.41. The Kier molecular flexibility index (Phi) is 3.98. The Balaban J connectivity index is 1.76. The molecular formula is C14H17NO5. The molecule has 0 unspecified atom stereocenters. The van der Waals surface area contributed by atoms with Crippen molar-refractivity contribution in [2.45, 2.75) is 31.2 Å². The quantitative estimate of drug-likeness (QED) is 0.659. The molecule has 4 atom stereocenters. The number of fused-ring (bicyclic) bond motifs is 1. The van der Waals surface area contributed by atoms with Gasteiger partial charge < -0.3 is 24.2 Å². The molecule has 0 saturated carbocycles. The van der Waals surface area contributed by atoms with E-state index < -0.39 is 18.7 Å². The fourth-order valence-electron chi connectivity index (χ4n) is 2.49. The van der Waals surface area contributed by atoms with Gasteiger partial charge in [0, 0.05) is 19.1 Å². The van der Waals surface area contributed by atoms with Crippen molar-refractivity contribution < 1.29 is 24.2 Å². The number of hydrogen-bond donors (Lipinski definition) is 1. The number of methoxy groups -OCH3 is 1. The lowest BCUT2D eigenvalue weighted by Crippen LogP contribution is -2.53. The molecule has 0 radical (unpaired) electrons. The van der Waals surface area contributed by atoms with E-state index in [9.17, 15) is 0 Å². The Bertz CT molecular complexity index is 478. The molecule has 0 aliphatic carbocycles. The van der Waals surface area contributed by atoms with Gasteiger partial charge in [-0.2, -0.15) is 0 Å². The van der Waals surface area contributed by atoms with Gasteiger partial charge in [-0.25, -0.2) is 0 Å². The van der Waals surface area contributed by atoms with Crippen LogP contribution in [-0.2, 0) is 18.9 Å². The van der Waals surface area contributed by atoms with Crippen LogP contribution in [0, 0.1) is 0 Å². The predicted octanol–water partition coefficient (Wildman–Crippen LogP) is 1.69. The number of hydrogen-bond acceptors (Lipinski definition) is 6. The summed E-state index contributed by atoms with van der Waals surface area (Å²) >= 11 is 0. The van der Waals surface area contributed by atoms with E-state index >= 15 is 0 Å². The van der Waals surface area contributed by atoms with E-state index in [1.54, 1.807) is 7.11 Å². The van der Waals surface area contributed by atoms with Crippen molar-refractivity contribution >= 4 is 5.71 Å². The van der Waals surface area contributed by atoms with Gasteiger partial charge in [0.2, 0.25) is 0 Å². The van der Waals surface area contributed by atoms with Gasteiger partial charge in [-0.05, 0) is 0 Å². The number of nitrogens with zero attached hydrogens (tertiary/aromatic N) is 1. The van der Waals surface area contributed by atoms with E-state index in [1.165, 1.54) is 0 Å². The van der Waals surface area contributed by atoms with Crippen LogP contribution in [0.3, 0.4) is 0 Å². The van der Waals surface area contributed by atoms with Gasteiger partial charge in [0.15, 0.2) is 12.6 Å². The van der Waals surface area contributed by atoms with Gasteiger partial charge in [-0.1, -0.05) is 35.5 Å². The highest BCUT2D eigenvalue weighted by molar-refractivity contribution is 5.89. The zero-order chi connectivity index (χ0) is 13.9. The summed E-state index contributed by atoms with van der Waals surface area (Å²) in [5.74, 6) is 0. The lowest BCUT2D eigenvalue weighted by molar-refractivity contribution is -0.286. The third kappa shape index (κ3) is 2.55. The Hall–Kier alpha value is -1.47. The predicted molar refractivity (Wildman–Crippen MR) is 69.5 cm³/mol. The fraction of sp³-hybridized carbons (Fsp3) is 0.500. The molecule has 0 spiro atoms. The second-order valence-corrected chi connectivity index (χ2v) is 4.77. The zero-order valence-electron chi connectivity index (χ0n) is 11.1. The molecule has 1 aromatic rings. The molecule has 108 valence electrons. The minimum absolute atomic E-state index is 0.320. The Morgan fingerprint density at radius 2 is 2.05 bits per heavy atom. The first-order chi connectivity index (χ1) is 9.81. The average Bonchev–Trinajstić information content (AvgIpc) is 2.54. The van der Waals surface area contributed by atoms with Gasteiger partial charge in [-0.3, -0.25) is 0 Å². The highest BCUT2D eigenvalue weighted by Gasteiger charge is 2.42. The van der Waals surface area contributed by atoms with E-state index in [4.69, 9.17) is 24.2 Å². The van der Waals surface area contributed by atoms with Crippen molar-refractivity contribution in [3.8, 4) is 0 Å². The maximum absolute atomic E-state index is 9.16. The molecule has 2 aliphatic rings. The lowest BCUT2D eigenvalue weighted by atomic mass is 10.0. The maximum atomic E-state index is 9.16. The van der Waals surface area contributed by atoms with Crippen molar-refractivity contribution in [2.75, 3.05) is 13.7 Å². The molecule has 0 bridgehead atoms. The van der Waals surface area contributed by atoms with Crippen molar-refractivity contribution in [1.29, 1.82) is 0 Å². The standard InChI is InChI=1S/C14H17NO5/c1-17-12-7-10(15-16)13-11(19-12)8-18-14(20-13)9-5-3-2-4-6-9/h2-6,11-14,16H,7-8H2,1H3/b15-10-/t11-,12-,13-,14+/m0/s1. The first-order valence-electron chi connectivity index (χ1n) is 6.53. The van der Waals surface area contributed by atoms with Crippen LogP contribution in [0.2, 0.25) is 0 Å². The molecule has 2 fully saturated rings. The van der Waals surface area contributed by atoms with Gasteiger partial charge in [0.25, 0.3) is 0 Å². The topological polar surface area (TPSA) is 69.5 Å². The van der Waals surface area contributed by atoms with Gasteiger partial charge >= 0.3 is 0 Å². The van der Waals surface area contributed by atoms with Crippen LogP contribution in [-0.4, -0.2) is 43.1 Å². The summed E-state index contributed by atoms with van der Waals surface area (Å²) in [6.45, 7) is 0.364. The summed E-state index contributed by atoms with van der Waals surface area (Å²) in [5.41, 5.74) is 1.45. The monoisotopic (exact) mass is 279 g/mol. The maximum Gasteiger partial charge on any atom is 0.184 e. The normalized spacial score (nSPS) is 35.8. The van der Waals surface area contributed by atoms with Crippen LogP contribution >= 0.6 is 0 Å². The Morgan fingerprint density at radius 3 is 2.75 bits per heavy atom. The van der Waals surface area contributed by atoms with Crippen LogP contribution in [0.5, 0.6) is 0 Å². The molecule has 0 aromatic heterocycles. The SMILES string of the molecule is CO[C@@H]1C/C(=N/O)[C@@H]2O[C@H](c3ccccc3)OC[C@@H]2O1. The molecule has 6 nitrogen and oxygen atoms in total. The van der Waals surface area contributed by atoms with E-state index in [0.717, 1.165) is 5.56 Å². The van der Waals surface area contributed by atoms with E-state index in [0.29, 0.717) is 18.7 Å². The van der Waals surface area contributed by atoms with Crippen molar-refractivity contribution in [3.05, 3.63) is 35.9 Å². The molecule has 1 aromatic carbocycles. The third-order valence-electron chi connectivity index (χ3n) is 3.51. The number of ether oxygens (including phenoxy) is 4. The van der Waals surface area contributed by atoms with Gasteiger partial charge in [0.1, 0.15) is 12.2 Å². The second-order valence-electron chi connectivity index (χ2n) is 4.77. The molecule has 2 saturated heterocycles. The molecule has 2 heterocycles. The molecule has 6 heteroatoms. The fourth-order valence-corrected chi connectivity index (χ4v) is 2.49. The molecular weight excluding hydrogens is 262 g/mol. The van der Waals surface area contributed by atoms with Crippen molar-refractivity contribution in [1.82, 2.24) is 0 Å². The summed E-state index contributed by atoms with van der Waals surface area (Å²) in [6.07, 6.45) is -1.25. The molecule has 3 rings (SSSR count). The first kappa shape index (κ1) is 13.5. The van der Waals surface area contributed by atoms with Crippen molar-refractivity contribution in [3.63, 3.8) is 0 Å². The Labute approximate surface area is 116 Å². The van der Waals surface area contributed by atoms with Crippen LogP contribution in [0.4, 0.5) is 0 Å². The van der Waals surface area contributed by atoms with Gasteiger partial charge in [-0.15, -0.1) is 0 Å². The molecule has 1 N–H and O–H groups in total. The summed E-state index contributed by atoms with van der Waals surface area (Å²) < 4.78 is 22.4. The van der Waals surface area contributed by atoms with E-state index in [1.807, 2.05) is 30.3 Å². The summed E-state index contributed by atoms with van der Waals surface area (Å²) in [6, 6.07) is 9.65. The van der Waals surface area contributed by atoms with Crippen LogP contribution < -0.4 is 0 Å². The van der Waals surface area contributed by atoms with Crippen LogP contribution in [0.15, 0.2) is 35.5 Å². The summed E-state index contributed by atoms with van der Waals surface area (Å²) in [4.78, 5) is 0. The third-order valence-corrected chi connectivity index (χ3v) is 3.51. The smallest absolute Gasteiger partial charge is 0.184 e. The zero-order valence-corrected chi connectivity index (χ0v) is 11.1.